The topological polar surface area (TPSA) is 141 Å². The van der Waals surface area contributed by atoms with Crippen molar-refractivity contribution in [3.8, 4) is 11.8 Å². The van der Waals surface area contributed by atoms with Crippen molar-refractivity contribution in [2.45, 2.75) is 20.8 Å². The molecule has 0 bridgehead atoms. The summed E-state index contributed by atoms with van der Waals surface area (Å²) < 4.78 is 5.71. The Labute approximate surface area is 173 Å². The second kappa shape index (κ2) is 9.38. The highest BCUT2D eigenvalue weighted by Crippen LogP contribution is 2.23. The summed E-state index contributed by atoms with van der Waals surface area (Å²) >= 11 is 0. The summed E-state index contributed by atoms with van der Waals surface area (Å²) in [6, 6.07) is 9.27. The van der Waals surface area contributed by atoms with Gasteiger partial charge in [0.05, 0.1) is 12.1 Å². The Morgan fingerprint density at radius 2 is 2.10 bits per heavy atom. The molecule has 0 unspecified atom stereocenters. The van der Waals surface area contributed by atoms with Crippen LogP contribution < -0.4 is 20.7 Å². The molecule has 0 fully saturated rings. The van der Waals surface area contributed by atoms with Crippen LogP contribution in [0.15, 0.2) is 30.5 Å². The van der Waals surface area contributed by atoms with Gasteiger partial charge in [0.15, 0.2) is 17.4 Å². The first-order valence-corrected chi connectivity index (χ1v) is 9.26. The predicted octanol–water partition coefficient (Wildman–Crippen LogP) is 2.88. The van der Waals surface area contributed by atoms with Crippen LogP contribution in [-0.4, -0.2) is 39.2 Å². The number of hydrogen-bond acceptors (Lipinski definition) is 8. The summed E-state index contributed by atoms with van der Waals surface area (Å²) in [7, 11) is 0. The van der Waals surface area contributed by atoms with E-state index in [0.29, 0.717) is 41.1 Å². The van der Waals surface area contributed by atoms with Crippen LogP contribution in [0.3, 0.4) is 0 Å². The lowest BCUT2D eigenvalue weighted by atomic mass is 10.1. The molecular weight excluding hydrogens is 384 g/mol. The van der Waals surface area contributed by atoms with Crippen molar-refractivity contribution in [1.29, 1.82) is 5.26 Å². The number of nitrogens with zero attached hydrogens (tertiary/aromatic N) is 4. The van der Waals surface area contributed by atoms with E-state index < -0.39 is 0 Å². The summed E-state index contributed by atoms with van der Waals surface area (Å²) in [5.41, 5.74) is 2.16. The van der Waals surface area contributed by atoms with Gasteiger partial charge in [0, 0.05) is 24.9 Å². The molecule has 0 aliphatic rings. The van der Waals surface area contributed by atoms with Gasteiger partial charge in [-0.05, 0) is 37.6 Å². The summed E-state index contributed by atoms with van der Waals surface area (Å²) in [4.78, 5) is 19.9. The van der Waals surface area contributed by atoms with E-state index in [-0.39, 0.29) is 12.5 Å². The lowest BCUT2D eigenvalue weighted by Crippen LogP contribution is -2.16. The third-order valence-electron chi connectivity index (χ3n) is 4.01. The lowest BCUT2D eigenvalue weighted by Gasteiger charge is -2.13. The minimum Gasteiger partial charge on any atom is -0.488 e. The van der Waals surface area contributed by atoms with Gasteiger partial charge < -0.3 is 20.7 Å². The van der Waals surface area contributed by atoms with Crippen molar-refractivity contribution < 1.29 is 9.53 Å². The number of aryl methyl sites for hydroxylation is 2. The maximum absolute atomic E-state index is 11.3. The zero-order valence-electron chi connectivity index (χ0n) is 16.9. The number of nitriles is 1. The second-order valence-electron chi connectivity index (χ2n) is 6.53. The zero-order chi connectivity index (χ0) is 21.5. The number of aromatic amines is 1. The van der Waals surface area contributed by atoms with Gasteiger partial charge in [-0.2, -0.15) is 10.4 Å². The largest absolute Gasteiger partial charge is 0.488 e. The quantitative estimate of drug-likeness (QED) is 0.419. The molecule has 0 radical (unpaired) electrons. The van der Waals surface area contributed by atoms with E-state index >= 15 is 0 Å². The molecule has 30 heavy (non-hydrogen) atoms. The first-order valence-electron chi connectivity index (χ1n) is 9.26. The molecule has 1 amide bonds. The summed E-state index contributed by atoms with van der Waals surface area (Å²) in [6.45, 7) is 5.82. The maximum Gasteiger partial charge on any atom is 0.222 e. The highest BCUT2D eigenvalue weighted by Gasteiger charge is 2.11. The summed E-state index contributed by atoms with van der Waals surface area (Å²) in [5, 5.41) is 25.4. The van der Waals surface area contributed by atoms with Gasteiger partial charge in [-0.25, -0.2) is 9.97 Å². The third-order valence-corrected chi connectivity index (χ3v) is 4.01. The highest BCUT2D eigenvalue weighted by molar-refractivity contribution is 5.89. The molecule has 154 valence electrons. The van der Waals surface area contributed by atoms with E-state index in [1.807, 2.05) is 19.9 Å². The molecule has 10 nitrogen and oxygen atoms in total. The number of carbonyl (C=O) groups is 1. The fourth-order valence-electron chi connectivity index (χ4n) is 2.72. The van der Waals surface area contributed by atoms with Gasteiger partial charge in [-0.1, -0.05) is 0 Å². The monoisotopic (exact) mass is 406 g/mol. The van der Waals surface area contributed by atoms with E-state index in [1.165, 1.54) is 6.92 Å². The Bertz CT molecular complexity index is 1090. The molecule has 0 saturated carbocycles. The van der Waals surface area contributed by atoms with Gasteiger partial charge >= 0.3 is 0 Å². The average Bonchev–Trinajstić information content (AvgIpc) is 3.10. The van der Waals surface area contributed by atoms with Crippen LogP contribution in [0, 0.1) is 25.2 Å². The van der Waals surface area contributed by atoms with Crippen molar-refractivity contribution in [3.05, 3.63) is 47.3 Å². The Morgan fingerprint density at radius 3 is 2.80 bits per heavy atom. The SMILES string of the molecule is CC(=O)Nc1ncccc1OCCNc1nc(Nc2cc(C)[nH]n2)cc(C)c1C#N. The Hall–Kier alpha value is -4.13. The number of ether oxygens (including phenoxy) is 1. The number of anilines is 4. The lowest BCUT2D eigenvalue weighted by molar-refractivity contribution is -0.114. The number of carbonyl (C=O) groups excluding carboxylic acids is 1. The number of H-pyrrole nitrogens is 1. The Morgan fingerprint density at radius 1 is 1.27 bits per heavy atom. The van der Waals surface area contributed by atoms with Crippen LogP contribution in [0.2, 0.25) is 0 Å². The average molecular weight is 406 g/mol. The molecule has 0 aliphatic carbocycles. The smallest absolute Gasteiger partial charge is 0.222 e. The van der Waals surface area contributed by atoms with Gasteiger partial charge in [0.2, 0.25) is 5.91 Å². The Kier molecular flexibility index (Phi) is 6.44. The van der Waals surface area contributed by atoms with Gasteiger partial charge in [-0.15, -0.1) is 0 Å². The number of nitrogens with one attached hydrogen (secondary N) is 4. The van der Waals surface area contributed by atoms with Crippen LogP contribution in [0.25, 0.3) is 0 Å². The maximum atomic E-state index is 11.3. The molecule has 3 aromatic heterocycles. The number of hydrogen-bond donors (Lipinski definition) is 4. The van der Waals surface area contributed by atoms with Gasteiger partial charge in [0.25, 0.3) is 0 Å². The van der Waals surface area contributed by atoms with Crippen molar-refractivity contribution in [2.75, 3.05) is 29.1 Å². The second-order valence-corrected chi connectivity index (χ2v) is 6.53. The van der Waals surface area contributed by atoms with Crippen LogP contribution in [0.1, 0.15) is 23.7 Å². The van der Waals surface area contributed by atoms with Crippen molar-refractivity contribution >= 4 is 29.2 Å². The third kappa shape index (κ3) is 5.23. The molecule has 4 N–H and O–H groups in total. The minimum absolute atomic E-state index is 0.230. The molecular formula is C20H22N8O2. The predicted molar refractivity (Wildman–Crippen MR) is 113 cm³/mol. The van der Waals surface area contributed by atoms with Crippen LogP contribution in [0.5, 0.6) is 5.75 Å². The van der Waals surface area contributed by atoms with Crippen LogP contribution >= 0.6 is 0 Å². The molecule has 3 aromatic rings. The van der Waals surface area contributed by atoms with E-state index in [4.69, 9.17) is 4.74 Å². The minimum atomic E-state index is -0.230. The molecule has 3 rings (SSSR count). The molecule has 0 atom stereocenters. The van der Waals surface area contributed by atoms with Gasteiger partial charge in [0.1, 0.15) is 24.3 Å². The fraction of sp³-hybridized carbons (Fsp3) is 0.250. The number of amides is 1. The zero-order valence-corrected chi connectivity index (χ0v) is 16.9. The van der Waals surface area contributed by atoms with Crippen molar-refractivity contribution in [3.63, 3.8) is 0 Å². The number of pyridine rings is 2. The summed E-state index contributed by atoms with van der Waals surface area (Å²) in [5.74, 6) is 2.25. The van der Waals surface area contributed by atoms with E-state index in [0.717, 1.165) is 11.3 Å². The molecule has 0 aliphatic heterocycles. The van der Waals surface area contributed by atoms with Gasteiger partial charge in [-0.3, -0.25) is 9.89 Å². The van der Waals surface area contributed by atoms with Crippen LogP contribution in [0.4, 0.5) is 23.3 Å². The van der Waals surface area contributed by atoms with Crippen LogP contribution in [-0.2, 0) is 4.79 Å². The molecule has 10 heteroatoms. The van der Waals surface area contributed by atoms with E-state index in [9.17, 15) is 10.1 Å². The normalized spacial score (nSPS) is 10.2. The molecule has 0 aromatic carbocycles. The molecule has 3 heterocycles. The first kappa shape index (κ1) is 20.6. The van der Waals surface area contributed by atoms with Crippen molar-refractivity contribution in [1.82, 2.24) is 20.2 Å². The standard InChI is InChI=1S/C20H22N8O2/c1-12-9-17(25-18-10-13(2)27-28-18)26-19(15(12)11-21)23-7-8-30-16-5-4-6-22-20(16)24-14(3)29/h4-6,9-10H,7-8H2,1-3H3,(H,22,24,29)(H3,23,25,26,27,28). The Balaban J connectivity index is 1.66. The molecule has 0 spiro atoms. The van der Waals surface area contributed by atoms with E-state index in [1.54, 1.807) is 24.4 Å². The summed E-state index contributed by atoms with van der Waals surface area (Å²) in [6.07, 6.45) is 1.57. The fourth-order valence-corrected chi connectivity index (χ4v) is 2.72. The molecule has 0 saturated heterocycles. The van der Waals surface area contributed by atoms with E-state index in [2.05, 4.69) is 42.2 Å². The number of aromatic nitrogens is 4. The highest BCUT2D eigenvalue weighted by atomic mass is 16.5. The number of rotatable bonds is 8. The van der Waals surface area contributed by atoms with Crippen molar-refractivity contribution in [2.24, 2.45) is 0 Å². The first-order chi connectivity index (χ1) is 14.5.